The van der Waals surface area contributed by atoms with Crippen molar-refractivity contribution in [1.82, 2.24) is 0 Å². The second kappa shape index (κ2) is 3.84. The van der Waals surface area contributed by atoms with Crippen LogP contribution in [0.2, 0.25) is 0 Å². The van der Waals surface area contributed by atoms with E-state index in [2.05, 4.69) is 0 Å². The van der Waals surface area contributed by atoms with Gasteiger partial charge in [-0.05, 0) is 55.7 Å². The molecular formula is C16H17NO3. The van der Waals surface area contributed by atoms with Crippen molar-refractivity contribution in [2.75, 3.05) is 4.90 Å². The molecule has 4 atom stereocenters. The maximum atomic E-state index is 12.6. The number of aromatic hydroxyl groups is 1. The third-order valence-electron chi connectivity index (χ3n) is 5.30. The highest BCUT2D eigenvalue weighted by Crippen LogP contribution is 2.57. The molecule has 1 aromatic carbocycles. The number of carbonyl (C=O) groups excluding carboxylic acids is 2. The van der Waals surface area contributed by atoms with E-state index >= 15 is 0 Å². The Morgan fingerprint density at radius 3 is 2.30 bits per heavy atom. The highest BCUT2D eigenvalue weighted by molar-refractivity contribution is 6.23. The van der Waals surface area contributed by atoms with Gasteiger partial charge < -0.3 is 5.11 Å². The van der Waals surface area contributed by atoms with Crippen LogP contribution in [0.1, 0.15) is 24.8 Å². The van der Waals surface area contributed by atoms with Crippen molar-refractivity contribution in [2.45, 2.75) is 26.2 Å². The molecule has 4 rings (SSSR count). The second-order valence-corrected chi connectivity index (χ2v) is 6.39. The van der Waals surface area contributed by atoms with Gasteiger partial charge in [-0.1, -0.05) is 6.07 Å². The van der Waals surface area contributed by atoms with E-state index in [9.17, 15) is 14.7 Å². The minimum Gasteiger partial charge on any atom is -0.506 e. The monoisotopic (exact) mass is 271 g/mol. The first-order valence-corrected chi connectivity index (χ1v) is 7.25. The highest BCUT2D eigenvalue weighted by atomic mass is 16.3. The maximum absolute atomic E-state index is 12.6. The molecule has 1 aromatic rings. The quantitative estimate of drug-likeness (QED) is 0.797. The number of nitrogens with zero attached hydrogens (tertiary/aromatic N) is 1. The molecule has 0 spiro atoms. The van der Waals surface area contributed by atoms with Gasteiger partial charge in [0, 0.05) is 0 Å². The van der Waals surface area contributed by atoms with Crippen LogP contribution in [-0.2, 0) is 9.59 Å². The maximum Gasteiger partial charge on any atom is 0.238 e. The number of benzene rings is 1. The zero-order chi connectivity index (χ0) is 14.0. The van der Waals surface area contributed by atoms with Crippen LogP contribution in [0.15, 0.2) is 18.2 Å². The number of amides is 2. The topological polar surface area (TPSA) is 57.6 Å². The SMILES string of the molecule is Cc1ccc(O)c(N2C(=O)[C@H]3[C@H]4CC[C@@H](C4)[C@@H]3C2=O)c1. The zero-order valence-corrected chi connectivity index (χ0v) is 11.4. The van der Waals surface area contributed by atoms with E-state index in [0.29, 0.717) is 17.5 Å². The molecule has 1 N–H and O–H groups in total. The second-order valence-electron chi connectivity index (χ2n) is 6.39. The third-order valence-corrected chi connectivity index (χ3v) is 5.30. The summed E-state index contributed by atoms with van der Waals surface area (Å²) in [5.74, 6) is 0.268. The fourth-order valence-corrected chi connectivity index (χ4v) is 4.46. The van der Waals surface area contributed by atoms with Gasteiger partial charge in [0.05, 0.1) is 17.5 Å². The minimum atomic E-state index is -0.138. The van der Waals surface area contributed by atoms with Crippen molar-refractivity contribution in [2.24, 2.45) is 23.7 Å². The zero-order valence-electron chi connectivity index (χ0n) is 11.4. The molecule has 1 heterocycles. The standard InChI is InChI=1S/C16H17NO3/c1-8-2-5-12(18)11(6-8)17-15(19)13-9-3-4-10(7-9)14(13)16(17)20/h2,5-6,9-10,13-14,18H,3-4,7H2,1H3/t9-,10-,13-,14-/m0/s1. The van der Waals surface area contributed by atoms with Gasteiger partial charge in [0.1, 0.15) is 5.75 Å². The normalized spacial score (nSPS) is 35.0. The first-order chi connectivity index (χ1) is 9.58. The molecule has 0 radical (unpaired) electrons. The summed E-state index contributed by atoms with van der Waals surface area (Å²) < 4.78 is 0. The van der Waals surface area contributed by atoms with Gasteiger partial charge in [0.15, 0.2) is 0 Å². The molecule has 3 aliphatic rings. The van der Waals surface area contributed by atoms with Crippen molar-refractivity contribution in [1.29, 1.82) is 0 Å². The fraction of sp³-hybridized carbons (Fsp3) is 0.500. The molecule has 0 unspecified atom stereocenters. The van der Waals surface area contributed by atoms with E-state index in [1.54, 1.807) is 18.2 Å². The average molecular weight is 271 g/mol. The molecule has 2 aliphatic carbocycles. The van der Waals surface area contributed by atoms with E-state index in [-0.39, 0.29) is 29.4 Å². The van der Waals surface area contributed by atoms with Gasteiger partial charge >= 0.3 is 0 Å². The largest absolute Gasteiger partial charge is 0.506 e. The summed E-state index contributed by atoms with van der Waals surface area (Å²) in [6.45, 7) is 1.89. The molecule has 4 nitrogen and oxygen atoms in total. The Balaban J connectivity index is 1.79. The fourth-order valence-electron chi connectivity index (χ4n) is 4.46. The summed E-state index contributed by atoms with van der Waals surface area (Å²) >= 11 is 0. The van der Waals surface area contributed by atoms with Gasteiger partial charge in [-0.2, -0.15) is 0 Å². The molecular weight excluding hydrogens is 254 g/mol. The molecule has 1 aliphatic heterocycles. The number of imide groups is 1. The van der Waals surface area contributed by atoms with Crippen LogP contribution in [-0.4, -0.2) is 16.9 Å². The van der Waals surface area contributed by atoms with E-state index in [0.717, 1.165) is 24.8 Å². The van der Waals surface area contributed by atoms with Crippen molar-refractivity contribution < 1.29 is 14.7 Å². The summed E-state index contributed by atoms with van der Waals surface area (Å²) in [6, 6.07) is 5.04. The number of anilines is 1. The summed E-state index contributed by atoms with van der Waals surface area (Å²) in [5, 5.41) is 10.00. The predicted octanol–water partition coefficient (Wildman–Crippen LogP) is 2.24. The Morgan fingerprint density at radius 1 is 1.10 bits per heavy atom. The predicted molar refractivity (Wildman–Crippen MR) is 73.1 cm³/mol. The van der Waals surface area contributed by atoms with Crippen LogP contribution >= 0.6 is 0 Å². The molecule has 0 aromatic heterocycles. The number of fused-ring (bicyclic) bond motifs is 5. The first kappa shape index (κ1) is 11.9. The molecule has 2 amide bonds. The Bertz CT molecular complexity index is 596. The van der Waals surface area contributed by atoms with Crippen molar-refractivity contribution in [3.8, 4) is 5.75 Å². The average Bonchev–Trinajstić information content (AvgIpc) is 3.08. The molecule has 4 heteroatoms. The Hall–Kier alpha value is -1.84. The lowest BCUT2D eigenvalue weighted by Crippen LogP contribution is -2.32. The lowest BCUT2D eigenvalue weighted by Gasteiger charge is -2.19. The van der Waals surface area contributed by atoms with Gasteiger partial charge in [-0.25, -0.2) is 4.90 Å². The van der Waals surface area contributed by atoms with Crippen LogP contribution in [0.4, 0.5) is 5.69 Å². The molecule has 2 saturated carbocycles. The van der Waals surface area contributed by atoms with Crippen molar-refractivity contribution >= 4 is 17.5 Å². The van der Waals surface area contributed by atoms with Gasteiger partial charge in [0.2, 0.25) is 11.8 Å². The summed E-state index contributed by atoms with van der Waals surface area (Å²) in [6.07, 6.45) is 3.16. The Kier molecular flexibility index (Phi) is 2.29. The van der Waals surface area contributed by atoms with Crippen molar-refractivity contribution in [3.05, 3.63) is 23.8 Å². The van der Waals surface area contributed by atoms with E-state index in [4.69, 9.17) is 0 Å². The number of hydrogen-bond donors (Lipinski definition) is 1. The summed E-state index contributed by atoms with van der Waals surface area (Å²) in [4.78, 5) is 26.5. The minimum absolute atomic E-state index is 0.00428. The van der Waals surface area contributed by atoms with Gasteiger partial charge in [-0.15, -0.1) is 0 Å². The third kappa shape index (κ3) is 1.37. The number of phenols is 1. The van der Waals surface area contributed by atoms with E-state index < -0.39 is 0 Å². The van der Waals surface area contributed by atoms with Gasteiger partial charge in [0.25, 0.3) is 0 Å². The molecule has 1 saturated heterocycles. The van der Waals surface area contributed by atoms with Crippen LogP contribution in [0.5, 0.6) is 5.75 Å². The number of hydrogen-bond acceptors (Lipinski definition) is 3. The highest BCUT2D eigenvalue weighted by Gasteiger charge is 2.61. The number of carbonyl (C=O) groups is 2. The van der Waals surface area contributed by atoms with E-state index in [1.807, 2.05) is 6.92 Å². The lowest BCUT2D eigenvalue weighted by molar-refractivity contribution is -0.123. The Morgan fingerprint density at radius 2 is 1.70 bits per heavy atom. The number of aryl methyl sites for hydroxylation is 1. The van der Waals surface area contributed by atoms with Crippen molar-refractivity contribution in [3.63, 3.8) is 0 Å². The molecule has 3 fully saturated rings. The van der Waals surface area contributed by atoms with Crippen LogP contribution in [0.3, 0.4) is 0 Å². The number of rotatable bonds is 1. The van der Waals surface area contributed by atoms with Crippen LogP contribution < -0.4 is 4.90 Å². The van der Waals surface area contributed by atoms with E-state index in [1.165, 1.54) is 4.90 Å². The number of phenolic OH excluding ortho intramolecular Hbond substituents is 1. The smallest absolute Gasteiger partial charge is 0.238 e. The summed E-state index contributed by atoms with van der Waals surface area (Å²) in [5.41, 5.74) is 1.28. The molecule has 104 valence electrons. The van der Waals surface area contributed by atoms with Gasteiger partial charge in [-0.3, -0.25) is 9.59 Å². The van der Waals surface area contributed by atoms with Crippen LogP contribution in [0, 0.1) is 30.6 Å². The molecule has 2 bridgehead atoms. The first-order valence-electron chi connectivity index (χ1n) is 7.25. The lowest BCUT2D eigenvalue weighted by atomic mass is 9.81. The Labute approximate surface area is 117 Å². The summed E-state index contributed by atoms with van der Waals surface area (Å²) in [7, 11) is 0. The van der Waals surface area contributed by atoms with Crippen LogP contribution in [0.25, 0.3) is 0 Å². The molecule has 20 heavy (non-hydrogen) atoms.